The van der Waals surface area contributed by atoms with Crippen molar-refractivity contribution in [3.8, 4) is 0 Å². The number of hydrogen-bond acceptors (Lipinski definition) is 2. The number of esters is 1. The minimum absolute atomic E-state index is 0.311. The smallest absolute Gasteiger partial charge is 0.330 e. The van der Waals surface area contributed by atoms with Crippen LogP contribution < -0.4 is 0 Å². The number of carbonyl (C=O) groups is 1. The number of ether oxygens (including phenoxy) is 1. The first-order valence-electron chi connectivity index (χ1n) is 4.64. The second kappa shape index (κ2) is 8.75. The number of hydrogen-bond donors (Lipinski definition) is 0. The minimum Gasteiger partial charge on any atom is -0.458 e. The average Bonchev–Trinajstić information content (AvgIpc) is 2.28. The number of allylic oxidation sites excluding steroid dienone is 1. The largest absolute Gasteiger partial charge is 0.458 e. The van der Waals surface area contributed by atoms with Gasteiger partial charge in [-0.25, -0.2) is 4.79 Å². The third-order valence-corrected chi connectivity index (χ3v) is 1.39. The molecule has 0 unspecified atom stereocenters. The van der Waals surface area contributed by atoms with Crippen LogP contribution in [0.15, 0.2) is 55.6 Å². The van der Waals surface area contributed by atoms with Gasteiger partial charge in [0.1, 0.15) is 6.61 Å². The molecular formula is C13H16O2. The second-order valence-corrected chi connectivity index (χ2v) is 2.71. The fourth-order valence-corrected chi connectivity index (χ4v) is 0.788. The van der Waals surface area contributed by atoms with Crippen molar-refractivity contribution in [1.29, 1.82) is 0 Å². The summed E-state index contributed by atoms with van der Waals surface area (Å²) in [7, 11) is 0. The van der Waals surface area contributed by atoms with E-state index in [0.29, 0.717) is 6.61 Å². The Kier molecular flexibility index (Phi) is 7.69. The molecule has 0 saturated heterocycles. The van der Waals surface area contributed by atoms with Crippen molar-refractivity contribution in [2.75, 3.05) is 0 Å². The highest BCUT2D eigenvalue weighted by atomic mass is 16.5. The monoisotopic (exact) mass is 204 g/mol. The summed E-state index contributed by atoms with van der Waals surface area (Å²) in [6.45, 7) is 8.86. The molecule has 0 bridgehead atoms. The highest BCUT2D eigenvalue weighted by molar-refractivity contribution is 5.81. The molecular weight excluding hydrogens is 188 g/mol. The van der Waals surface area contributed by atoms with Gasteiger partial charge in [0.25, 0.3) is 0 Å². The van der Waals surface area contributed by atoms with Gasteiger partial charge in [0.15, 0.2) is 0 Å². The van der Waals surface area contributed by atoms with Crippen molar-refractivity contribution < 1.29 is 9.53 Å². The fourth-order valence-electron chi connectivity index (χ4n) is 0.788. The number of rotatable bonds is 3. The molecule has 0 amide bonds. The van der Waals surface area contributed by atoms with E-state index >= 15 is 0 Å². The zero-order valence-electron chi connectivity index (χ0n) is 8.98. The molecule has 0 N–H and O–H groups in total. The van der Waals surface area contributed by atoms with Crippen molar-refractivity contribution in [3.63, 3.8) is 0 Å². The van der Waals surface area contributed by atoms with Crippen LogP contribution in [-0.4, -0.2) is 5.97 Å². The summed E-state index contributed by atoms with van der Waals surface area (Å²) in [6.07, 6.45) is 2.91. The summed E-state index contributed by atoms with van der Waals surface area (Å²) in [5.41, 5.74) is 0.979. The van der Waals surface area contributed by atoms with Gasteiger partial charge in [-0.05, 0) is 12.5 Å². The van der Waals surface area contributed by atoms with Crippen LogP contribution in [0.2, 0.25) is 0 Å². The first-order valence-corrected chi connectivity index (χ1v) is 4.64. The average molecular weight is 204 g/mol. The van der Waals surface area contributed by atoms with E-state index in [-0.39, 0.29) is 5.97 Å². The first kappa shape index (κ1) is 13.2. The van der Waals surface area contributed by atoms with E-state index in [1.165, 1.54) is 0 Å². The van der Waals surface area contributed by atoms with Gasteiger partial charge in [-0.3, -0.25) is 0 Å². The quantitative estimate of drug-likeness (QED) is 0.429. The van der Waals surface area contributed by atoms with E-state index in [9.17, 15) is 4.79 Å². The maximum absolute atomic E-state index is 10.6. The zero-order chi connectivity index (χ0) is 11.5. The third kappa shape index (κ3) is 7.26. The van der Waals surface area contributed by atoms with Gasteiger partial charge < -0.3 is 4.74 Å². The molecule has 0 heterocycles. The Hall–Kier alpha value is -1.83. The van der Waals surface area contributed by atoms with Gasteiger partial charge in [0, 0.05) is 6.08 Å². The van der Waals surface area contributed by atoms with Crippen LogP contribution in [0.25, 0.3) is 0 Å². The van der Waals surface area contributed by atoms with E-state index in [1.807, 2.05) is 37.3 Å². The predicted octanol–water partition coefficient (Wildman–Crippen LogP) is 3.11. The molecule has 0 spiro atoms. The van der Waals surface area contributed by atoms with Gasteiger partial charge in [0.05, 0.1) is 0 Å². The molecule has 15 heavy (non-hydrogen) atoms. The van der Waals surface area contributed by atoms with Gasteiger partial charge in [-0.1, -0.05) is 43.0 Å². The lowest BCUT2D eigenvalue weighted by molar-refractivity contribution is -0.138. The fraction of sp³-hybridized carbons (Fsp3) is 0.154. The summed E-state index contributed by atoms with van der Waals surface area (Å²) in [5, 5.41) is 0. The maximum Gasteiger partial charge on any atom is 0.330 e. The highest BCUT2D eigenvalue weighted by Gasteiger charge is 1.95. The molecule has 2 heteroatoms. The molecule has 1 aromatic rings. The summed E-state index contributed by atoms with van der Waals surface area (Å²) < 4.78 is 4.82. The Morgan fingerprint density at radius 3 is 2.33 bits per heavy atom. The molecule has 0 atom stereocenters. The van der Waals surface area contributed by atoms with Crippen molar-refractivity contribution >= 4 is 5.97 Å². The van der Waals surface area contributed by atoms with Crippen LogP contribution in [0.4, 0.5) is 0 Å². The molecule has 0 fully saturated rings. The van der Waals surface area contributed by atoms with Crippen LogP contribution in [0.1, 0.15) is 12.5 Å². The first-order chi connectivity index (χ1) is 7.24. The minimum atomic E-state index is -0.390. The van der Waals surface area contributed by atoms with Crippen LogP contribution in [0.5, 0.6) is 0 Å². The van der Waals surface area contributed by atoms with Crippen LogP contribution in [0, 0.1) is 0 Å². The summed E-state index contributed by atoms with van der Waals surface area (Å²) in [5.74, 6) is -0.390. The molecule has 0 aliphatic carbocycles. The number of benzene rings is 1. The van der Waals surface area contributed by atoms with E-state index in [1.54, 1.807) is 6.08 Å². The Morgan fingerprint density at radius 2 is 1.87 bits per heavy atom. The van der Waals surface area contributed by atoms with E-state index < -0.39 is 0 Å². The number of carbonyl (C=O) groups excluding carboxylic acids is 1. The van der Waals surface area contributed by atoms with Gasteiger partial charge in [0.2, 0.25) is 0 Å². The van der Waals surface area contributed by atoms with Gasteiger partial charge >= 0.3 is 5.97 Å². The van der Waals surface area contributed by atoms with Crippen LogP contribution >= 0.6 is 0 Å². The molecule has 0 radical (unpaired) electrons. The lowest BCUT2D eigenvalue weighted by Gasteiger charge is -2.00. The van der Waals surface area contributed by atoms with E-state index in [2.05, 4.69) is 13.2 Å². The Labute approximate surface area is 90.9 Å². The van der Waals surface area contributed by atoms with Crippen molar-refractivity contribution in [3.05, 3.63) is 61.2 Å². The summed E-state index contributed by atoms with van der Waals surface area (Å²) in [4.78, 5) is 10.6. The Bertz CT molecular complexity index is 302. The molecule has 0 aliphatic heterocycles. The van der Waals surface area contributed by atoms with Crippen molar-refractivity contribution in [1.82, 2.24) is 0 Å². The Morgan fingerprint density at radius 1 is 1.33 bits per heavy atom. The maximum atomic E-state index is 10.6. The van der Waals surface area contributed by atoms with Crippen LogP contribution in [-0.2, 0) is 16.1 Å². The lowest BCUT2D eigenvalue weighted by Crippen LogP contribution is -1.99. The van der Waals surface area contributed by atoms with Crippen LogP contribution in [0.3, 0.4) is 0 Å². The lowest BCUT2D eigenvalue weighted by atomic mass is 10.2. The third-order valence-electron chi connectivity index (χ3n) is 1.39. The summed E-state index contributed by atoms with van der Waals surface area (Å²) >= 11 is 0. The topological polar surface area (TPSA) is 26.3 Å². The molecule has 1 aromatic carbocycles. The Balaban J connectivity index is 0.000000583. The predicted molar refractivity (Wildman–Crippen MR) is 62.3 cm³/mol. The van der Waals surface area contributed by atoms with Crippen molar-refractivity contribution in [2.45, 2.75) is 13.5 Å². The van der Waals surface area contributed by atoms with Gasteiger partial charge in [-0.2, -0.15) is 0 Å². The molecule has 0 aliphatic rings. The molecule has 2 nitrogen and oxygen atoms in total. The van der Waals surface area contributed by atoms with E-state index in [0.717, 1.165) is 11.6 Å². The second-order valence-electron chi connectivity index (χ2n) is 2.71. The molecule has 0 aromatic heterocycles. The molecule has 0 saturated carbocycles. The zero-order valence-corrected chi connectivity index (χ0v) is 8.98. The van der Waals surface area contributed by atoms with E-state index in [4.69, 9.17) is 4.74 Å². The standard InChI is InChI=1S/C10H10O2.C3H6/c1-2-10(11)12-8-9-6-4-3-5-7-9;1-3-2/h2-7H,1,8H2;3H,1H2,2H3. The summed E-state index contributed by atoms with van der Waals surface area (Å²) in [6, 6.07) is 9.51. The highest BCUT2D eigenvalue weighted by Crippen LogP contribution is 2.00. The van der Waals surface area contributed by atoms with Crippen molar-refractivity contribution in [2.24, 2.45) is 0 Å². The normalized spacial score (nSPS) is 8.07. The SMILES string of the molecule is C=CC.C=CC(=O)OCc1ccccc1. The molecule has 1 rings (SSSR count). The molecule has 80 valence electrons. The van der Waals surface area contributed by atoms with Gasteiger partial charge in [-0.15, -0.1) is 6.58 Å².